The first-order valence-corrected chi connectivity index (χ1v) is 7.61. The van der Waals surface area contributed by atoms with Crippen molar-refractivity contribution in [3.05, 3.63) is 65.5 Å². The molecular weight excluding hydrogens is 290 g/mol. The van der Waals surface area contributed by atoms with Gasteiger partial charge in [-0.2, -0.15) is 0 Å². The Morgan fingerprint density at radius 2 is 1.39 bits per heavy atom. The predicted molar refractivity (Wildman–Crippen MR) is 89.2 cm³/mol. The lowest BCUT2D eigenvalue weighted by atomic mass is 10.1. The molecule has 0 fully saturated rings. The van der Waals surface area contributed by atoms with Gasteiger partial charge in [-0.25, -0.2) is 4.98 Å². The third-order valence-electron chi connectivity index (χ3n) is 3.28. The summed E-state index contributed by atoms with van der Waals surface area (Å²) in [4.78, 5) is 28.4. The molecule has 1 unspecified atom stereocenters. The third kappa shape index (κ3) is 4.64. The van der Waals surface area contributed by atoms with Gasteiger partial charge in [0.05, 0.1) is 6.04 Å². The smallest absolute Gasteiger partial charge is 0.270 e. The molecule has 5 heteroatoms. The van der Waals surface area contributed by atoms with Gasteiger partial charge in [0.2, 0.25) is 0 Å². The molecule has 0 aliphatic rings. The lowest BCUT2D eigenvalue weighted by molar-refractivity contribution is 0.0932. The molecule has 2 amide bonds. The molecule has 1 atom stereocenters. The fourth-order valence-corrected chi connectivity index (χ4v) is 2.12. The molecule has 23 heavy (non-hydrogen) atoms. The van der Waals surface area contributed by atoms with Crippen molar-refractivity contribution in [2.45, 2.75) is 32.9 Å². The van der Waals surface area contributed by atoms with Crippen LogP contribution in [0.5, 0.6) is 0 Å². The molecule has 0 aliphatic carbocycles. The van der Waals surface area contributed by atoms with Crippen molar-refractivity contribution in [2.75, 3.05) is 0 Å². The molecule has 0 bridgehead atoms. The fraction of sp³-hybridized carbons (Fsp3) is 0.278. The van der Waals surface area contributed by atoms with Crippen LogP contribution >= 0.6 is 0 Å². The number of carbonyl (C=O) groups is 2. The Morgan fingerprint density at radius 3 is 1.96 bits per heavy atom. The first kappa shape index (κ1) is 16.7. The summed E-state index contributed by atoms with van der Waals surface area (Å²) in [6.45, 7) is 5.65. The van der Waals surface area contributed by atoms with Crippen molar-refractivity contribution in [1.82, 2.24) is 15.6 Å². The zero-order valence-corrected chi connectivity index (χ0v) is 13.5. The molecule has 5 nitrogen and oxygen atoms in total. The molecule has 2 N–H and O–H groups in total. The Bertz CT molecular complexity index is 684. The second-order valence-electron chi connectivity index (χ2n) is 5.64. The van der Waals surface area contributed by atoms with Gasteiger partial charge in [0, 0.05) is 6.04 Å². The Balaban J connectivity index is 2.09. The van der Waals surface area contributed by atoms with Crippen molar-refractivity contribution in [2.24, 2.45) is 0 Å². The maximum absolute atomic E-state index is 12.3. The number of nitrogens with one attached hydrogen (secondary N) is 2. The van der Waals surface area contributed by atoms with E-state index in [1.54, 1.807) is 18.2 Å². The standard InChI is InChI=1S/C18H21N3O2/c1-12(2)19-17(22)15-10-7-11-16(21-15)18(23)20-13(3)14-8-5-4-6-9-14/h4-13H,1-3H3,(H,19,22)(H,20,23). The van der Waals surface area contributed by atoms with Crippen molar-refractivity contribution in [3.63, 3.8) is 0 Å². The number of pyridine rings is 1. The second-order valence-corrected chi connectivity index (χ2v) is 5.64. The first-order valence-electron chi connectivity index (χ1n) is 7.61. The highest BCUT2D eigenvalue weighted by atomic mass is 16.2. The van der Waals surface area contributed by atoms with Gasteiger partial charge in [0.15, 0.2) is 0 Å². The first-order chi connectivity index (χ1) is 11.0. The van der Waals surface area contributed by atoms with Crippen LogP contribution in [0.4, 0.5) is 0 Å². The van der Waals surface area contributed by atoms with E-state index in [9.17, 15) is 9.59 Å². The number of aromatic nitrogens is 1. The summed E-state index contributed by atoms with van der Waals surface area (Å²) in [6, 6.07) is 14.4. The number of benzene rings is 1. The Kier molecular flexibility index (Phi) is 5.46. The molecule has 0 radical (unpaired) electrons. The van der Waals surface area contributed by atoms with Crippen LogP contribution in [0.1, 0.15) is 53.4 Å². The minimum Gasteiger partial charge on any atom is -0.349 e. The summed E-state index contributed by atoms with van der Waals surface area (Å²) < 4.78 is 0. The normalized spacial score (nSPS) is 11.8. The summed E-state index contributed by atoms with van der Waals surface area (Å²) in [7, 11) is 0. The third-order valence-corrected chi connectivity index (χ3v) is 3.28. The molecule has 1 aromatic heterocycles. The predicted octanol–water partition coefficient (Wildman–Crippen LogP) is 2.71. The van der Waals surface area contributed by atoms with Gasteiger partial charge >= 0.3 is 0 Å². The molecular formula is C18H21N3O2. The van der Waals surface area contributed by atoms with Crippen LogP contribution in [0.15, 0.2) is 48.5 Å². The number of hydrogen-bond donors (Lipinski definition) is 2. The van der Waals surface area contributed by atoms with Crippen LogP contribution < -0.4 is 10.6 Å². The minimum atomic E-state index is -0.305. The average molecular weight is 311 g/mol. The summed E-state index contributed by atoms with van der Waals surface area (Å²) >= 11 is 0. The van der Waals surface area contributed by atoms with Gasteiger partial charge in [-0.1, -0.05) is 36.4 Å². The Morgan fingerprint density at radius 1 is 0.826 bits per heavy atom. The van der Waals surface area contributed by atoms with Crippen LogP contribution in [0.3, 0.4) is 0 Å². The lowest BCUT2D eigenvalue weighted by Gasteiger charge is -2.14. The maximum Gasteiger partial charge on any atom is 0.270 e. The number of nitrogens with zero attached hydrogens (tertiary/aromatic N) is 1. The van der Waals surface area contributed by atoms with Crippen LogP contribution in [0.25, 0.3) is 0 Å². The van der Waals surface area contributed by atoms with Crippen LogP contribution in [-0.4, -0.2) is 22.8 Å². The van der Waals surface area contributed by atoms with Gasteiger partial charge in [-0.05, 0) is 38.5 Å². The molecule has 0 aliphatic heterocycles. The van der Waals surface area contributed by atoms with E-state index in [0.29, 0.717) is 0 Å². The highest BCUT2D eigenvalue weighted by Crippen LogP contribution is 2.12. The average Bonchev–Trinajstić information content (AvgIpc) is 2.55. The van der Waals surface area contributed by atoms with Crippen molar-refractivity contribution >= 4 is 11.8 Å². The van der Waals surface area contributed by atoms with Gasteiger partial charge in [-0.15, -0.1) is 0 Å². The second kappa shape index (κ2) is 7.54. The molecule has 0 spiro atoms. The van der Waals surface area contributed by atoms with Crippen molar-refractivity contribution in [1.29, 1.82) is 0 Å². The Hall–Kier alpha value is -2.69. The largest absolute Gasteiger partial charge is 0.349 e. The van der Waals surface area contributed by atoms with E-state index in [1.807, 2.05) is 51.1 Å². The molecule has 1 aromatic carbocycles. The molecule has 2 rings (SSSR count). The number of carbonyl (C=O) groups excluding carboxylic acids is 2. The SMILES string of the molecule is CC(C)NC(=O)c1cccc(C(=O)NC(C)c2ccccc2)n1. The zero-order valence-electron chi connectivity index (χ0n) is 13.5. The molecule has 120 valence electrons. The van der Waals surface area contributed by atoms with Crippen molar-refractivity contribution in [3.8, 4) is 0 Å². The van der Waals surface area contributed by atoms with Gasteiger partial charge in [-0.3, -0.25) is 9.59 Å². The van der Waals surface area contributed by atoms with Crippen LogP contribution in [-0.2, 0) is 0 Å². The van der Waals surface area contributed by atoms with Gasteiger partial charge in [0.1, 0.15) is 11.4 Å². The highest BCUT2D eigenvalue weighted by molar-refractivity contribution is 5.96. The lowest BCUT2D eigenvalue weighted by Crippen LogP contribution is -2.32. The Labute approximate surface area is 136 Å². The zero-order chi connectivity index (χ0) is 16.8. The number of rotatable bonds is 5. The van der Waals surface area contributed by atoms with E-state index in [-0.39, 0.29) is 35.3 Å². The van der Waals surface area contributed by atoms with Gasteiger partial charge in [0.25, 0.3) is 11.8 Å². The van der Waals surface area contributed by atoms with Crippen LogP contribution in [0.2, 0.25) is 0 Å². The molecule has 1 heterocycles. The number of amides is 2. The quantitative estimate of drug-likeness (QED) is 0.892. The fourth-order valence-electron chi connectivity index (χ4n) is 2.12. The van der Waals surface area contributed by atoms with E-state index in [4.69, 9.17) is 0 Å². The van der Waals surface area contributed by atoms with E-state index in [1.165, 1.54) is 0 Å². The summed E-state index contributed by atoms with van der Waals surface area (Å²) in [5.41, 5.74) is 1.47. The molecule has 0 saturated heterocycles. The molecule has 0 saturated carbocycles. The topological polar surface area (TPSA) is 71.1 Å². The van der Waals surface area contributed by atoms with E-state index in [2.05, 4.69) is 15.6 Å². The summed E-state index contributed by atoms with van der Waals surface area (Å²) in [5, 5.41) is 5.64. The summed E-state index contributed by atoms with van der Waals surface area (Å²) in [5.74, 6) is -0.591. The minimum absolute atomic E-state index is 0.0138. The van der Waals surface area contributed by atoms with E-state index < -0.39 is 0 Å². The molecule has 2 aromatic rings. The maximum atomic E-state index is 12.3. The monoisotopic (exact) mass is 311 g/mol. The van der Waals surface area contributed by atoms with E-state index in [0.717, 1.165) is 5.56 Å². The van der Waals surface area contributed by atoms with Crippen LogP contribution in [0, 0.1) is 0 Å². The van der Waals surface area contributed by atoms with Crippen molar-refractivity contribution < 1.29 is 9.59 Å². The number of hydrogen-bond acceptors (Lipinski definition) is 3. The highest BCUT2D eigenvalue weighted by Gasteiger charge is 2.15. The van der Waals surface area contributed by atoms with E-state index >= 15 is 0 Å². The summed E-state index contributed by atoms with van der Waals surface area (Å²) in [6.07, 6.45) is 0. The van der Waals surface area contributed by atoms with Gasteiger partial charge < -0.3 is 10.6 Å².